The highest BCUT2D eigenvalue weighted by atomic mass is 16.3. The lowest BCUT2D eigenvalue weighted by molar-refractivity contribution is 0.472. The molecule has 2 aromatic rings. The highest BCUT2D eigenvalue weighted by Crippen LogP contribution is 2.36. The van der Waals surface area contributed by atoms with E-state index in [0.717, 1.165) is 16.8 Å². The van der Waals surface area contributed by atoms with E-state index in [2.05, 4.69) is 79.7 Å². The van der Waals surface area contributed by atoms with Gasteiger partial charge in [0.05, 0.1) is 5.69 Å². The second-order valence-electron chi connectivity index (χ2n) is 8.71. The van der Waals surface area contributed by atoms with E-state index in [1.165, 1.54) is 16.7 Å². The van der Waals surface area contributed by atoms with Gasteiger partial charge in [0, 0.05) is 11.8 Å². The van der Waals surface area contributed by atoms with Crippen molar-refractivity contribution in [2.45, 2.75) is 79.1 Å². The first kappa shape index (κ1) is 21.2. The van der Waals surface area contributed by atoms with Crippen molar-refractivity contribution in [3.05, 3.63) is 58.1 Å². The molecular weight excluding hydrogens is 330 g/mol. The lowest BCUT2D eigenvalue weighted by Crippen LogP contribution is -2.01. The van der Waals surface area contributed by atoms with Crippen LogP contribution in [0.2, 0.25) is 0 Å². The van der Waals surface area contributed by atoms with Crippen LogP contribution >= 0.6 is 0 Å². The van der Waals surface area contributed by atoms with E-state index in [1.54, 1.807) is 0 Å². The van der Waals surface area contributed by atoms with E-state index in [1.807, 2.05) is 12.3 Å². The molecule has 0 unspecified atom stereocenters. The quantitative estimate of drug-likeness (QED) is 0.524. The number of rotatable bonds is 6. The minimum absolute atomic E-state index is 0.320. The van der Waals surface area contributed by atoms with Crippen molar-refractivity contribution in [1.82, 2.24) is 0 Å². The molecule has 0 aromatic heterocycles. The SMILES string of the molecule is CC(C)c1cc(O)c(C=Nc2c(C(C)C)cccc2C(C)C)c(C(C)C)c1. The molecule has 0 saturated heterocycles. The molecule has 0 aliphatic rings. The molecule has 0 bridgehead atoms. The molecule has 0 aliphatic heterocycles. The average molecular weight is 366 g/mol. The van der Waals surface area contributed by atoms with Crippen LogP contribution in [0.5, 0.6) is 5.75 Å². The smallest absolute Gasteiger partial charge is 0.124 e. The lowest BCUT2D eigenvalue weighted by Gasteiger charge is -2.18. The Hall–Kier alpha value is -2.09. The molecule has 0 radical (unpaired) electrons. The highest BCUT2D eigenvalue weighted by molar-refractivity contribution is 5.88. The summed E-state index contributed by atoms with van der Waals surface area (Å²) in [6, 6.07) is 10.5. The largest absolute Gasteiger partial charge is 0.507 e. The van der Waals surface area contributed by atoms with E-state index < -0.39 is 0 Å². The van der Waals surface area contributed by atoms with Gasteiger partial charge in [-0.05, 0) is 52.0 Å². The summed E-state index contributed by atoms with van der Waals surface area (Å²) in [6.45, 7) is 17.4. The zero-order valence-electron chi connectivity index (χ0n) is 18.2. The summed E-state index contributed by atoms with van der Waals surface area (Å²) in [6.07, 6.45) is 1.86. The van der Waals surface area contributed by atoms with Crippen LogP contribution in [0.3, 0.4) is 0 Å². The first-order valence-corrected chi connectivity index (χ1v) is 10.2. The van der Waals surface area contributed by atoms with Gasteiger partial charge in [-0.2, -0.15) is 0 Å². The summed E-state index contributed by atoms with van der Waals surface area (Å²) in [5.41, 5.74) is 6.70. The Balaban J connectivity index is 2.62. The maximum Gasteiger partial charge on any atom is 0.124 e. The van der Waals surface area contributed by atoms with Gasteiger partial charge in [0.2, 0.25) is 0 Å². The van der Waals surface area contributed by atoms with E-state index in [4.69, 9.17) is 4.99 Å². The molecule has 1 N–H and O–H groups in total. The van der Waals surface area contributed by atoms with Crippen molar-refractivity contribution >= 4 is 11.9 Å². The second-order valence-corrected chi connectivity index (χ2v) is 8.71. The minimum atomic E-state index is 0.320. The van der Waals surface area contributed by atoms with Crippen LogP contribution in [-0.2, 0) is 0 Å². The first-order valence-electron chi connectivity index (χ1n) is 10.2. The summed E-state index contributed by atoms with van der Waals surface area (Å²) in [5, 5.41) is 10.7. The summed E-state index contributed by atoms with van der Waals surface area (Å²) >= 11 is 0. The van der Waals surface area contributed by atoms with Gasteiger partial charge in [0.1, 0.15) is 5.75 Å². The zero-order chi connectivity index (χ0) is 20.3. The third-order valence-electron chi connectivity index (χ3n) is 5.17. The van der Waals surface area contributed by atoms with Crippen LogP contribution in [0, 0.1) is 0 Å². The third-order valence-corrected chi connectivity index (χ3v) is 5.17. The molecule has 0 fully saturated rings. The predicted molar refractivity (Wildman–Crippen MR) is 118 cm³/mol. The molecule has 0 atom stereocenters. The predicted octanol–water partition coefficient (Wildman–Crippen LogP) is 7.64. The van der Waals surface area contributed by atoms with Crippen molar-refractivity contribution < 1.29 is 5.11 Å². The van der Waals surface area contributed by atoms with Crippen molar-refractivity contribution in [3.8, 4) is 5.75 Å². The Bertz CT molecular complexity index is 787. The van der Waals surface area contributed by atoms with Crippen LogP contribution in [0.25, 0.3) is 0 Å². The van der Waals surface area contributed by atoms with Gasteiger partial charge in [-0.25, -0.2) is 0 Å². The van der Waals surface area contributed by atoms with Gasteiger partial charge in [0.25, 0.3) is 0 Å². The molecule has 146 valence electrons. The maximum atomic E-state index is 10.7. The van der Waals surface area contributed by atoms with Crippen molar-refractivity contribution in [3.63, 3.8) is 0 Å². The van der Waals surface area contributed by atoms with Gasteiger partial charge in [-0.15, -0.1) is 0 Å². The molecule has 2 rings (SSSR count). The molecule has 0 amide bonds. The molecule has 0 aliphatic carbocycles. The monoisotopic (exact) mass is 365 g/mol. The number of phenolic OH excluding ortho intramolecular Hbond substituents is 1. The number of aliphatic imine (C=N–C) groups is 1. The van der Waals surface area contributed by atoms with E-state index in [0.29, 0.717) is 29.4 Å². The molecular formula is C25H35NO. The number of nitrogens with zero attached hydrogens (tertiary/aromatic N) is 1. The number of hydrogen-bond acceptors (Lipinski definition) is 2. The van der Waals surface area contributed by atoms with Gasteiger partial charge >= 0.3 is 0 Å². The van der Waals surface area contributed by atoms with E-state index >= 15 is 0 Å². The number of phenols is 1. The fourth-order valence-corrected chi connectivity index (χ4v) is 3.42. The summed E-state index contributed by atoms with van der Waals surface area (Å²) in [7, 11) is 0. The fourth-order valence-electron chi connectivity index (χ4n) is 3.42. The standard InChI is InChI=1S/C25H35NO/c1-15(2)19-12-22(18(7)8)23(24(27)13-19)14-26-25-20(16(3)4)10-9-11-21(25)17(5)6/h9-18,27H,1-8H3. The Kier molecular flexibility index (Phi) is 6.86. The van der Waals surface area contributed by atoms with Gasteiger partial charge < -0.3 is 5.11 Å². The van der Waals surface area contributed by atoms with Crippen LogP contribution < -0.4 is 0 Å². The normalized spacial score (nSPS) is 12.3. The van der Waals surface area contributed by atoms with Crippen molar-refractivity contribution in [2.75, 3.05) is 0 Å². The fraction of sp³-hybridized carbons (Fsp3) is 0.480. The van der Waals surface area contributed by atoms with E-state index in [9.17, 15) is 5.11 Å². The Labute approximate surface area is 165 Å². The van der Waals surface area contributed by atoms with Gasteiger partial charge in [0.15, 0.2) is 0 Å². The molecule has 2 nitrogen and oxygen atoms in total. The van der Waals surface area contributed by atoms with Crippen molar-refractivity contribution in [1.29, 1.82) is 0 Å². The van der Waals surface area contributed by atoms with Crippen LogP contribution in [-0.4, -0.2) is 11.3 Å². The molecule has 2 heteroatoms. The van der Waals surface area contributed by atoms with Crippen LogP contribution in [0.15, 0.2) is 35.3 Å². The van der Waals surface area contributed by atoms with Gasteiger partial charge in [-0.3, -0.25) is 4.99 Å². The van der Waals surface area contributed by atoms with Crippen LogP contribution in [0.1, 0.15) is 107 Å². The number of benzene rings is 2. The summed E-state index contributed by atoms with van der Waals surface area (Å²) < 4.78 is 0. The Morgan fingerprint density at radius 1 is 0.741 bits per heavy atom. The third kappa shape index (κ3) is 4.80. The first-order chi connectivity index (χ1) is 12.6. The van der Waals surface area contributed by atoms with Crippen molar-refractivity contribution in [2.24, 2.45) is 4.99 Å². The van der Waals surface area contributed by atoms with Gasteiger partial charge in [-0.1, -0.05) is 79.7 Å². The average Bonchev–Trinajstić information content (AvgIpc) is 2.59. The van der Waals surface area contributed by atoms with Crippen LogP contribution in [0.4, 0.5) is 5.69 Å². The highest BCUT2D eigenvalue weighted by Gasteiger charge is 2.16. The Morgan fingerprint density at radius 2 is 1.26 bits per heavy atom. The maximum absolute atomic E-state index is 10.7. The second kappa shape index (κ2) is 8.73. The number of para-hydroxylation sites is 1. The molecule has 0 saturated carbocycles. The summed E-state index contributed by atoms with van der Waals surface area (Å²) in [4.78, 5) is 4.91. The lowest BCUT2D eigenvalue weighted by atomic mass is 9.90. The molecule has 27 heavy (non-hydrogen) atoms. The molecule has 2 aromatic carbocycles. The topological polar surface area (TPSA) is 32.6 Å². The molecule has 0 spiro atoms. The van der Waals surface area contributed by atoms with E-state index in [-0.39, 0.29) is 0 Å². The zero-order valence-corrected chi connectivity index (χ0v) is 18.2. The summed E-state index contributed by atoms with van der Waals surface area (Å²) in [5.74, 6) is 1.83. The number of aromatic hydroxyl groups is 1. The molecule has 0 heterocycles. The minimum Gasteiger partial charge on any atom is -0.507 e. The Morgan fingerprint density at radius 3 is 1.70 bits per heavy atom. The number of hydrogen-bond donors (Lipinski definition) is 1.